The van der Waals surface area contributed by atoms with Crippen molar-refractivity contribution in [1.82, 2.24) is 14.9 Å². The Balaban J connectivity index is 1.80. The average molecular weight is 336 g/mol. The van der Waals surface area contributed by atoms with Crippen LogP contribution in [0.2, 0.25) is 0 Å². The van der Waals surface area contributed by atoms with Crippen molar-refractivity contribution in [2.24, 2.45) is 0 Å². The first-order chi connectivity index (χ1) is 9.65. The van der Waals surface area contributed by atoms with Gasteiger partial charge in [0.15, 0.2) is 0 Å². The number of rotatable bonds is 6. The van der Waals surface area contributed by atoms with Gasteiger partial charge in [-0.25, -0.2) is 4.98 Å². The molecule has 0 bridgehead atoms. The summed E-state index contributed by atoms with van der Waals surface area (Å²) in [7, 11) is 0. The molecule has 0 unspecified atom stereocenters. The van der Waals surface area contributed by atoms with E-state index in [1.807, 2.05) is 0 Å². The quantitative estimate of drug-likeness (QED) is 0.806. The van der Waals surface area contributed by atoms with Crippen LogP contribution in [0.5, 0.6) is 0 Å². The fourth-order valence-corrected chi connectivity index (χ4v) is 3.02. The predicted molar refractivity (Wildman–Crippen MR) is 87.2 cm³/mol. The molecule has 0 radical (unpaired) electrons. The molecule has 1 saturated carbocycles. The van der Waals surface area contributed by atoms with E-state index < -0.39 is 0 Å². The lowest BCUT2D eigenvalue weighted by Gasteiger charge is -2.09. The number of hydrogen-bond acceptors (Lipinski definition) is 2. The number of nitrogens with zero attached hydrogens (tertiary/aromatic N) is 2. The van der Waals surface area contributed by atoms with Gasteiger partial charge in [-0.2, -0.15) is 0 Å². The predicted octanol–water partition coefficient (Wildman–Crippen LogP) is 4.06. The van der Waals surface area contributed by atoms with Gasteiger partial charge in [-0.15, -0.1) is 0 Å². The molecule has 1 aromatic heterocycles. The lowest BCUT2D eigenvalue weighted by atomic mass is 10.2. The van der Waals surface area contributed by atoms with E-state index >= 15 is 0 Å². The Morgan fingerprint density at radius 1 is 1.40 bits per heavy atom. The van der Waals surface area contributed by atoms with Gasteiger partial charge in [0.05, 0.1) is 11.0 Å². The summed E-state index contributed by atoms with van der Waals surface area (Å²) in [5, 5.41) is 3.48. The zero-order valence-electron chi connectivity index (χ0n) is 12.2. The van der Waals surface area contributed by atoms with Crippen LogP contribution < -0.4 is 5.32 Å². The number of hydrogen-bond donors (Lipinski definition) is 1. The summed E-state index contributed by atoms with van der Waals surface area (Å²) in [5.41, 5.74) is 2.42. The molecule has 0 spiro atoms. The number of benzene rings is 1. The highest BCUT2D eigenvalue weighted by Crippen LogP contribution is 2.39. The fourth-order valence-electron chi connectivity index (χ4n) is 2.68. The average Bonchev–Trinajstić information content (AvgIpc) is 3.16. The molecule has 0 saturated heterocycles. The maximum Gasteiger partial charge on any atom is 0.110 e. The van der Waals surface area contributed by atoms with Crippen molar-refractivity contribution in [2.75, 3.05) is 6.54 Å². The zero-order valence-corrected chi connectivity index (χ0v) is 13.8. The normalized spacial score (nSPS) is 15.4. The summed E-state index contributed by atoms with van der Waals surface area (Å²) in [6.07, 6.45) is 4.81. The topological polar surface area (TPSA) is 29.9 Å². The third-order valence-corrected chi connectivity index (χ3v) is 4.26. The van der Waals surface area contributed by atoms with Crippen LogP contribution in [0.1, 0.15) is 45.0 Å². The number of aromatic nitrogens is 2. The molecule has 4 heteroatoms. The van der Waals surface area contributed by atoms with E-state index in [4.69, 9.17) is 4.98 Å². The highest BCUT2D eigenvalue weighted by Gasteiger charge is 2.27. The lowest BCUT2D eigenvalue weighted by molar-refractivity contribution is 0.559. The molecule has 3 nitrogen and oxygen atoms in total. The summed E-state index contributed by atoms with van der Waals surface area (Å²) < 4.78 is 3.58. The summed E-state index contributed by atoms with van der Waals surface area (Å²) in [6, 6.07) is 7.69. The summed E-state index contributed by atoms with van der Waals surface area (Å²) >= 11 is 3.54. The van der Waals surface area contributed by atoms with Crippen LogP contribution in [0, 0.1) is 0 Å². The maximum atomic E-state index is 4.86. The number of fused-ring (bicyclic) bond motifs is 1. The van der Waals surface area contributed by atoms with E-state index in [0.717, 1.165) is 29.4 Å². The second-order valence-electron chi connectivity index (χ2n) is 5.97. The summed E-state index contributed by atoms with van der Waals surface area (Å²) in [5.74, 6) is 1.26. The minimum atomic E-state index is 0.563. The first-order valence-corrected chi connectivity index (χ1v) is 8.34. The highest BCUT2D eigenvalue weighted by molar-refractivity contribution is 9.10. The van der Waals surface area contributed by atoms with Crippen LogP contribution in [0.4, 0.5) is 0 Å². The Labute approximate surface area is 128 Å². The van der Waals surface area contributed by atoms with Crippen LogP contribution in [-0.2, 0) is 6.42 Å². The summed E-state index contributed by atoms with van der Waals surface area (Å²) in [4.78, 5) is 4.86. The first kappa shape index (κ1) is 14.1. The maximum absolute atomic E-state index is 4.86. The van der Waals surface area contributed by atoms with Gasteiger partial charge in [-0.3, -0.25) is 0 Å². The van der Waals surface area contributed by atoms with Gasteiger partial charge in [0.1, 0.15) is 5.82 Å². The van der Waals surface area contributed by atoms with Gasteiger partial charge >= 0.3 is 0 Å². The molecule has 1 aliphatic rings. The molecule has 0 atom stereocenters. The Hall–Kier alpha value is -0.870. The van der Waals surface area contributed by atoms with Gasteiger partial charge in [0.25, 0.3) is 0 Å². The Morgan fingerprint density at radius 3 is 2.90 bits per heavy atom. The molecule has 0 amide bonds. The molecule has 1 fully saturated rings. The summed E-state index contributed by atoms with van der Waals surface area (Å²) in [6.45, 7) is 5.45. The van der Waals surface area contributed by atoms with E-state index in [-0.39, 0.29) is 0 Å². The van der Waals surface area contributed by atoms with Crippen molar-refractivity contribution in [3.63, 3.8) is 0 Å². The minimum Gasteiger partial charge on any atom is -0.325 e. The molecular weight excluding hydrogens is 314 g/mol. The van der Waals surface area contributed by atoms with Crippen LogP contribution >= 0.6 is 15.9 Å². The smallest absolute Gasteiger partial charge is 0.110 e. The molecule has 2 aromatic rings. The van der Waals surface area contributed by atoms with E-state index in [2.05, 4.69) is 57.9 Å². The second-order valence-corrected chi connectivity index (χ2v) is 6.89. The number of aryl methyl sites for hydroxylation is 1. The monoisotopic (exact) mass is 335 g/mol. The SMILES string of the molecule is CC(C)NCCCc1nc2cc(Br)ccc2n1C1CC1. The third-order valence-electron chi connectivity index (χ3n) is 3.77. The van der Waals surface area contributed by atoms with Crippen LogP contribution in [0.3, 0.4) is 0 Å². The zero-order chi connectivity index (χ0) is 14.1. The van der Waals surface area contributed by atoms with E-state index in [1.165, 1.54) is 24.2 Å². The molecule has 1 N–H and O–H groups in total. The number of imidazole rings is 1. The minimum absolute atomic E-state index is 0.563. The van der Waals surface area contributed by atoms with Crippen molar-refractivity contribution in [1.29, 1.82) is 0 Å². The molecule has 3 rings (SSSR count). The molecule has 1 aromatic carbocycles. The number of halogens is 1. The lowest BCUT2D eigenvalue weighted by Crippen LogP contribution is -2.24. The van der Waals surface area contributed by atoms with Crippen LogP contribution in [-0.4, -0.2) is 22.1 Å². The molecule has 1 heterocycles. The van der Waals surface area contributed by atoms with Crippen LogP contribution in [0.25, 0.3) is 11.0 Å². The van der Waals surface area contributed by atoms with Gasteiger partial charge in [0.2, 0.25) is 0 Å². The van der Waals surface area contributed by atoms with Crippen molar-refractivity contribution in [2.45, 2.75) is 51.6 Å². The molecular formula is C16H22BrN3. The highest BCUT2D eigenvalue weighted by atomic mass is 79.9. The van der Waals surface area contributed by atoms with Gasteiger partial charge < -0.3 is 9.88 Å². The van der Waals surface area contributed by atoms with Crippen molar-refractivity contribution < 1.29 is 0 Å². The molecule has 0 aliphatic heterocycles. The fraction of sp³-hybridized carbons (Fsp3) is 0.562. The molecule has 1 aliphatic carbocycles. The molecule has 20 heavy (non-hydrogen) atoms. The Bertz CT molecular complexity index is 599. The Kier molecular flexibility index (Phi) is 4.13. The third kappa shape index (κ3) is 3.07. The largest absolute Gasteiger partial charge is 0.325 e. The van der Waals surface area contributed by atoms with E-state index in [0.29, 0.717) is 12.1 Å². The van der Waals surface area contributed by atoms with Crippen molar-refractivity contribution in [3.8, 4) is 0 Å². The molecule has 108 valence electrons. The Morgan fingerprint density at radius 2 is 2.20 bits per heavy atom. The second kappa shape index (κ2) is 5.86. The van der Waals surface area contributed by atoms with Gasteiger partial charge in [-0.1, -0.05) is 29.8 Å². The van der Waals surface area contributed by atoms with Gasteiger partial charge in [0, 0.05) is 23.0 Å². The van der Waals surface area contributed by atoms with E-state index in [1.54, 1.807) is 0 Å². The number of nitrogens with one attached hydrogen (secondary N) is 1. The van der Waals surface area contributed by atoms with Crippen molar-refractivity contribution >= 4 is 27.0 Å². The van der Waals surface area contributed by atoms with Gasteiger partial charge in [-0.05, 0) is 44.0 Å². The van der Waals surface area contributed by atoms with Crippen molar-refractivity contribution in [3.05, 3.63) is 28.5 Å². The first-order valence-electron chi connectivity index (χ1n) is 7.55. The standard InChI is InChI=1S/C16H22BrN3/c1-11(2)18-9-3-4-16-19-14-10-12(17)5-8-15(14)20(16)13-6-7-13/h5,8,10-11,13,18H,3-4,6-7,9H2,1-2H3. The van der Waals surface area contributed by atoms with E-state index in [9.17, 15) is 0 Å². The van der Waals surface area contributed by atoms with Crippen LogP contribution in [0.15, 0.2) is 22.7 Å².